The average Bonchev–Trinajstić information content (AvgIpc) is 3.09. The lowest BCUT2D eigenvalue weighted by Gasteiger charge is -2.01. The Kier molecular flexibility index (Phi) is 3.34. The molecule has 96 valence electrons. The van der Waals surface area contributed by atoms with E-state index in [1.807, 2.05) is 24.3 Å². The van der Waals surface area contributed by atoms with Gasteiger partial charge in [0.15, 0.2) is 5.01 Å². The number of halogens is 1. The summed E-state index contributed by atoms with van der Waals surface area (Å²) >= 11 is 7.21. The van der Waals surface area contributed by atoms with Crippen LogP contribution in [-0.2, 0) is 6.54 Å². The second kappa shape index (κ2) is 5.29. The summed E-state index contributed by atoms with van der Waals surface area (Å²) in [7, 11) is 0. The third-order valence-corrected chi connectivity index (χ3v) is 3.47. The molecule has 0 atom stereocenters. The Bertz CT molecular complexity index is 649. The molecule has 0 aliphatic rings. The van der Waals surface area contributed by atoms with Crippen LogP contribution >= 0.6 is 22.9 Å². The van der Waals surface area contributed by atoms with E-state index in [9.17, 15) is 0 Å². The van der Waals surface area contributed by atoms with Gasteiger partial charge >= 0.3 is 0 Å². The summed E-state index contributed by atoms with van der Waals surface area (Å²) in [5.41, 5.74) is 1.11. The van der Waals surface area contributed by atoms with Crippen molar-refractivity contribution in [3.05, 3.63) is 34.9 Å². The zero-order chi connectivity index (χ0) is 13.1. The van der Waals surface area contributed by atoms with Crippen LogP contribution in [0.15, 0.2) is 24.3 Å². The first kappa shape index (κ1) is 12.0. The maximum Gasteiger partial charge on any atom is 0.210 e. The van der Waals surface area contributed by atoms with Gasteiger partial charge in [-0.05, 0) is 28.1 Å². The van der Waals surface area contributed by atoms with Crippen molar-refractivity contribution in [2.75, 3.05) is 5.32 Å². The highest BCUT2D eigenvalue weighted by molar-refractivity contribution is 7.18. The molecular formula is C10H8ClN7S. The number of tetrazole rings is 1. The normalized spacial score (nSPS) is 10.6. The summed E-state index contributed by atoms with van der Waals surface area (Å²) in [4.78, 5) is 0. The largest absolute Gasteiger partial charge is 0.356 e. The fourth-order valence-corrected chi connectivity index (χ4v) is 2.22. The molecule has 2 aromatic heterocycles. The molecule has 19 heavy (non-hydrogen) atoms. The van der Waals surface area contributed by atoms with Gasteiger partial charge in [-0.1, -0.05) is 35.1 Å². The van der Waals surface area contributed by atoms with Crippen LogP contribution in [0, 0.1) is 0 Å². The zero-order valence-electron chi connectivity index (χ0n) is 9.54. The number of nitrogens with one attached hydrogen (secondary N) is 2. The molecule has 0 unspecified atom stereocenters. The predicted molar refractivity (Wildman–Crippen MR) is 71.9 cm³/mol. The van der Waals surface area contributed by atoms with Gasteiger partial charge in [-0.3, -0.25) is 0 Å². The van der Waals surface area contributed by atoms with Gasteiger partial charge < -0.3 is 5.32 Å². The molecule has 0 aliphatic heterocycles. The van der Waals surface area contributed by atoms with E-state index in [2.05, 4.69) is 36.1 Å². The fraction of sp³-hybridized carbons (Fsp3) is 0.100. The van der Waals surface area contributed by atoms with Crippen LogP contribution in [-0.4, -0.2) is 30.8 Å². The zero-order valence-corrected chi connectivity index (χ0v) is 11.1. The third-order valence-electron chi connectivity index (χ3n) is 2.33. The monoisotopic (exact) mass is 293 g/mol. The van der Waals surface area contributed by atoms with Crippen molar-refractivity contribution in [1.29, 1.82) is 0 Å². The second-order valence-electron chi connectivity index (χ2n) is 3.64. The second-order valence-corrected chi connectivity index (χ2v) is 5.06. The molecule has 2 N–H and O–H groups in total. The van der Waals surface area contributed by atoms with E-state index in [0.717, 1.165) is 10.6 Å². The molecule has 0 saturated carbocycles. The lowest BCUT2D eigenvalue weighted by molar-refractivity contribution is 0.881. The highest BCUT2D eigenvalue weighted by atomic mass is 35.5. The lowest BCUT2D eigenvalue weighted by Crippen LogP contribution is -1.98. The average molecular weight is 294 g/mol. The maximum atomic E-state index is 5.83. The molecule has 1 aromatic carbocycles. The fourth-order valence-electron chi connectivity index (χ4n) is 1.42. The lowest BCUT2D eigenvalue weighted by atomic mass is 10.2. The van der Waals surface area contributed by atoms with Crippen LogP contribution in [0.3, 0.4) is 0 Å². The number of rotatable bonds is 4. The van der Waals surface area contributed by atoms with Crippen molar-refractivity contribution in [2.24, 2.45) is 0 Å². The van der Waals surface area contributed by atoms with Crippen LogP contribution in [0.5, 0.6) is 0 Å². The van der Waals surface area contributed by atoms with Gasteiger partial charge in [-0.2, -0.15) is 0 Å². The molecule has 7 nitrogen and oxygen atoms in total. The number of hydrogen-bond donors (Lipinski definition) is 2. The Labute approximate surface area is 117 Å². The third kappa shape index (κ3) is 2.85. The maximum absolute atomic E-state index is 5.83. The Balaban J connectivity index is 1.66. The van der Waals surface area contributed by atoms with Gasteiger partial charge in [-0.25, -0.2) is 5.10 Å². The predicted octanol–water partition coefficient (Wildman–Crippen LogP) is 1.98. The van der Waals surface area contributed by atoms with E-state index < -0.39 is 0 Å². The van der Waals surface area contributed by atoms with Gasteiger partial charge in [0.25, 0.3) is 0 Å². The molecule has 3 aromatic rings. The number of aromatic nitrogens is 6. The molecule has 2 heterocycles. The minimum Gasteiger partial charge on any atom is -0.356 e. The molecule has 0 saturated heterocycles. The standard InChI is InChI=1S/C10H8ClN7S/c11-7-3-1-6(2-4-7)5-12-10-16-15-9(19-10)8-13-17-18-14-8/h1-4H,5H2,(H,12,16)(H,13,14,17,18). The summed E-state index contributed by atoms with van der Waals surface area (Å²) < 4.78 is 0. The van der Waals surface area contributed by atoms with Crippen LogP contribution in [0.4, 0.5) is 5.13 Å². The van der Waals surface area contributed by atoms with Crippen LogP contribution < -0.4 is 5.32 Å². The number of aromatic amines is 1. The number of anilines is 1. The number of benzene rings is 1. The van der Waals surface area contributed by atoms with Crippen LogP contribution in [0.1, 0.15) is 5.56 Å². The molecule has 3 rings (SSSR count). The van der Waals surface area contributed by atoms with E-state index in [1.165, 1.54) is 11.3 Å². The summed E-state index contributed by atoms with van der Waals surface area (Å²) in [5.74, 6) is 0.511. The molecule has 0 spiro atoms. The quantitative estimate of drug-likeness (QED) is 0.764. The molecule has 0 bridgehead atoms. The minimum absolute atomic E-state index is 0.511. The first-order valence-electron chi connectivity index (χ1n) is 5.37. The topological polar surface area (TPSA) is 92.3 Å². The summed E-state index contributed by atoms with van der Waals surface area (Å²) in [6.45, 7) is 0.653. The van der Waals surface area contributed by atoms with E-state index in [-0.39, 0.29) is 0 Å². The van der Waals surface area contributed by atoms with Crippen molar-refractivity contribution in [3.63, 3.8) is 0 Å². The van der Waals surface area contributed by atoms with Crippen molar-refractivity contribution in [3.8, 4) is 10.8 Å². The van der Waals surface area contributed by atoms with Gasteiger partial charge in [0.05, 0.1) is 0 Å². The summed E-state index contributed by atoms with van der Waals surface area (Å²) in [6, 6.07) is 7.61. The van der Waals surface area contributed by atoms with Crippen LogP contribution in [0.2, 0.25) is 5.02 Å². The van der Waals surface area contributed by atoms with Crippen molar-refractivity contribution in [2.45, 2.75) is 6.54 Å². The van der Waals surface area contributed by atoms with Gasteiger partial charge in [0.2, 0.25) is 11.0 Å². The number of H-pyrrole nitrogens is 1. The summed E-state index contributed by atoms with van der Waals surface area (Å²) in [5, 5.41) is 26.7. The minimum atomic E-state index is 0.511. The Morgan fingerprint density at radius 2 is 2.00 bits per heavy atom. The van der Waals surface area contributed by atoms with E-state index >= 15 is 0 Å². The molecule has 0 radical (unpaired) electrons. The molecule has 0 fully saturated rings. The SMILES string of the molecule is Clc1ccc(CNc2nnc(-c3nnn[nH]3)s2)cc1. The van der Waals surface area contributed by atoms with Crippen LogP contribution in [0.25, 0.3) is 10.8 Å². The highest BCUT2D eigenvalue weighted by Gasteiger charge is 2.09. The van der Waals surface area contributed by atoms with Crippen molar-refractivity contribution >= 4 is 28.1 Å². The summed E-state index contributed by atoms with van der Waals surface area (Å²) in [6.07, 6.45) is 0. The van der Waals surface area contributed by atoms with Gasteiger partial charge in [0.1, 0.15) is 0 Å². The Morgan fingerprint density at radius 3 is 2.74 bits per heavy atom. The Hall–Kier alpha value is -2.06. The van der Waals surface area contributed by atoms with E-state index in [4.69, 9.17) is 11.6 Å². The van der Waals surface area contributed by atoms with E-state index in [1.54, 1.807) is 0 Å². The number of nitrogens with zero attached hydrogens (tertiary/aromatic N) is 5. The molecular weight excluding hydrogens is 286 g/mol. The molecule has 9 heteroatoms. The first-order valence-corrected chi connectivity index (χ1v) is 6.56. The Morgan fingerprint density at radius 1 is 1.16 bits per heavy atom. The van der Waals surface area contributed by atoms with E-state index in [0.29, 0.717) is 22.5 Å². The molecule has 0 aliphatic carbocycles. The molecule has 0 amide bonds. The van der Waals surface area contributed by atoms with Gasteiger partial charge in [0, 0.05) is 11.6 Å². The smallest absolute Gasteiger partial charge is 0.210 e. The number of hydrogen-bond acceptors (Lipinski definition) is 7. The van der Waals surface area contributed by atoms with Gasteiger partial charge in [-0.15, -0.1) is 15.3 Å². The van der Waals surface area contributed by atoms with Crippen molar-refractivity contribution in [1.82, 2.24) is 30.8 Å². The van der Waals surface area contributed by atoms with Crippen molar-refractivity contribution < 1.29 is 0 Å². The first-order chi connectivity index (χ1) is 9.31. The highest BCUT2D eigenvalue weighted by Crippen LogP contribution is 2.23.